The van der Waals surface area contributed by atoms with E-state index in [0.29, 0.717) is 5.75 Å². The molecule has 0 radical (unpaired) electrons. The van der Waals surface area contributed by atoms with Gasteiger partial charge in [0.1, 0.15) is 0 Å². The number of rotatable bonds is 32. The molecule has 0 unspecified atom stereocenters. The van der Waals surface area contributed by atoms with Crippen LogP contribution in [-0.4, -0.2) is 47.0 Å². The third-order valence-electron chi connectivity index (χ3n) is 8.47. The summed E-state index contributed by atoms with van der Waals surface area (Å²) in [4.78, 5) is 0. The summed E-state index contributed by atoms with van der Waals surface area (Å²) in [5.41, 5.74) is 0. The van der Waals surface area contributed by atoms with Gasteiger partial charge in [0, 0.05) is 0 Å². The summed E-state index contributed by atoms with van der Waals surface area (Å²) in [6.45, 7) is 4.60. The third kappa shape index (κ3) is 25.6. The number of para-hydroxylation sites is 1. The molecule has 1 aromatic rings. The Balaban J connectivity index is 1.93. The van der Waals surface area contributed by atoms with Crippen molar-refractivity contribution in [1.82, 2.24) is 0 Å². The predicted molar refractivity (Wildman–Crippen MR) is 189 cm³/mol. The first-order valence-electron chi connectivity index (χ1n) is 18.4. The van der Waals surface area contributed by atoms with Crippen molar-refractivity contribution in [2.24, 2.45) is 0 Å². The quantitative estimate of drug-likeness (QED) is 0.0569. The van der Waals surface area contributed by atoms with E-state index in [2.05, 4.69) is 32.0 Å². The Kier molecular flexibility index (Phi) is 30.9. The van der Waals surface area contributed by atoms with E-state index in [1.807, 2.05) is 0 Å². The number of benzene rings is 1. The fourth-order valence-corrected chi connectivity index (χ4v) is 12.0. The number of hydrogen-bond donors (Lipinski definition) is 1. The van der Waals surface area contributed by atoms with Crippen LogP contribution in [0, 0.1) is 0 Å². The van der Waals surface area contributed by atoms with Crippen LogP contribution in [0.15, 0.2) is 18.2 Å². The second kappa shape index (κ2) is 32.0. The first-order valence-corrected chi connectivity index (χ1v) is 24.0. The van der Waals surface area contributed by atoms with Gasteiger partial charge < -0.3 is 0 Å². The molecule has 0 atom stereocenters. The maximum atomic E-state index is 10.9. The average molecular weight is 798 g/mol. The normalized spacial score (nSPS) is 11.5. The summed E-state index contributed by atoms with van der Waals surface area (Å²) in [7, 11) is 0. The van der Waals surface area contributed by atoms with Crippen molar-refractivity contribution in [1.29, 1.82) is 0 Å². The third-order valence-corrected chi connectivity index (χ3v) is 14.9. The molecule has 0 saturated heterocycles. The topological polar surface area (TPSA) is 20.2 Å². The molecule has 0 bridgehead atoms. The predicted octanol–water partition coefficient (Wildman–Crippen LogP) is 11.9. The van der Waals surface area contributed by atoms with Gasteiger partial charge in [0.05, 0.1) is 0 Å². The van der Waals surface area contributed by atoms with E-state index in [1.165, 1.54) is 196 Å². The fraction of sp³-hybridized carbons (Fsp3) is 0.842. The Labute approximate surface area is 278 Å². The molecule has 1 N–H and O–H groups in total. The number of phenols is 1. The molecule has 3 heteroatoms. The first kappa shape index (κ1) is 39.6. The summed E-state index contributed by atoms with van der Waals surface area (Å²) >= 11 is -0.442. The SMILES string of the molecule is CCCCCCCCCCCCCCCC[Te]c1cccc([Te]CCCCCCCCCCCCCCCC)c1O. The van der Waals surface area contributed by atoms with Crippen molar-refractivity contribution >= 4 is 49.1 Å². The molecule has 1 nitrogen and oxygen atoms in total. The Bertz CT molecular complexity index is 609. The second-order valence-electron chi connectivity index (χ2n) is 12.5. The Morgan fingerprint density at radius 2 is 0.634 bits per heavy atom. The molecule has 240 valence electrons. The monoisotopic (exact) mass is 802 g/mol. The molecule has 0 aromatic heterocycles. The van der Waals surface area contributed by atoms with E-state index in [0.717, 1.165) is 0 Å². The van der Waals surface area contributed by atoms with Gasteiger partial charge in [0.25, 0.3) is 0 Å². The van der Waals surface area contributed by atoms with Crippen LogP contribution in [-0.2, 0) is 0 Å². The van der Waals surface area contributed by atoms with E-state index in [1.54, 1.807) is 0 Å². The molecule has 0 saturated carbocycles. The summed E-state index contributed by atoms with van der Waals surface area (Å²) in [5, 5.41) is 10.9. The molecular weight excluding hydrogens is 728 g/mol. The maximum absolute atomic E-state index is 10.9. The van der Waals surface area contributed by atoms with Crippen LogP contribution < -0.4 is 7.22 Å². The summed E-state index contributed by atoms with van der Waals surface area (Å²) in [6, 6.07) is 6.69. The van der Waals surface area contributed by atoms with E-state index in [9.17, 15) is 5.11 Å². The Hall–Kier alpha value is 0.599. The van der Waals surface area contributed by atoms with Gasteiger partial charge in [-0.15, -0.1) is 0 Å². The van der Waals surface area contributed by atoms with Crippen molar-refractivity contribution in [3.8, 4) is 5.75 Å². The van der Waals surface area contributed by atoms with Gasteiger partial charge in [-0.1, -0.05) is 52.4 Å². The molecule has 0 heterocycles. The molecule has 41 heavy (non-hydrogen) atoms. The zero-order valence-corrected chi connectivity index (χ0v) is 32.4. The molecule has 0 aliphatic rings. The van der Waals surface area contributed by atoms with Crippen LogP contribution in [0.2, 0.25) is 8.94 Å². The molecule has 1 rings (SSSR count). The number of aromatic hydroxyl groups is 1. The van der Waals surface area contributed by atoms with Crippen molar-refractivity contribution in [3.05, 3.63) is 18.2 Å². The molecule has 0 amide bonds. The fourth-order valence-electron chi connectivity index (χ4n) is 5.69. The van der Waals surface area contributed by atoms with Crippen molar-refractivity contribution in [3.63, 3.8) is 0 Å². The second-order valence-corrected chi connectivity index (χ2v) is 19.0. The molecule has 0 fully saturated rings. The van der Waals surface area contributed by atoms with Gasteiger partial charge in [-0.25, -0.2) is 0 Å². The number of unbranched alkanes of at least 4 members (excludes halogenated alkanes) is 26. The molecule has 0 aliphatic heterocycles. The molecule has 1 aromatic carbocycles. The first-order chi connectivity index (χ1) is 20.3. The van der Waals surface area contributed by atoms with Gasteiger partial charge in [-0.05, 0) is 0 Å². The average Bonchev–Trinajstić information content (AvgIpc) is 2.98. The Morgan fingerprint density at radius 3 is 0.902 bits per heavy atom. The Morgan fingerprint density at radius 1 is 0.390 bits per heavy atom. The summed E-state index contributed by atoms with van der Waals surface area (Å²) in [6.07, 6.45) is 40.1. The van der Waals surface area contributed by atoms with Crippen LogP contribution >= 0.6 is 0 Å². The van der Waals surface area contributed by atoms with E-state index >= 15 is 0 Å². The van der Waals surface area contributed by atoms with E-state index in [-0.39, 0.29) is 41.8 Å². The van der Waals surface area contributed by atoms with Crippen LogP contribution in [0.25, 0.3) is 0 Å². The van der Waals surface area contributed by atoms with Gasteiger partial charge in [0.15, 0.2) is 0 Å². The van der Waals surface area contributed by atoms with Crippen molar-refractivity contribution < 1.29 is 5.11 Å². The standard InChI is InChI=1S/C38H70OTe2/c1-3-5-7-9-11-13-15-17-19-21-23-25-27-29-34-40-36-32-31-33-37(38(36)39)41-35-30-28-26-24-22-20-18-16-14-12-10-8-6-4-2/h31-33,39H,3-30,34-35H2,1-2H3. The molecule has 0 spiro atoms. The van der Waals surface area contributed by atoms with Crippen LogP contribution in [0.4, 0.5) is 0 Å². The summed E-state index contributed by atoms with van der Waals surface area (Å²) in [5.74, 6) is 0.716. The van der Waals surface area contributed by atoms with Crippen molar-refractivity contribution in [2.75, 3.05) is 0 Å². The van der Waals surface area contributed by atoms with Gasteiger partial charge in [-0.3, -0.25) is 0 Å². The number of phenolic OH excluding ortho intramolecular Hbond substituents is 1. The van der Waals surface area contributed by atoms with Crippen LogP contribution in [0.3, 0.4) is 0 Å². The van der Waals surface area contributed by atoms with Crippen LogP contribution in [0.5, 0.6) is 5.75 Å². The van der Waals surface area contributed by atoms with E-state index < -0.39 is 0 Å². The van der Waals surface area contributed by atoms with Crippen molar-refractivity contribution in [2.45, 2.75) is 203 Å². The summed E-state index contributed by atoms with van der Waals surface area (Å²) < 4.78 is 5.40. The zero-order valence-electron chi connectivity index (χ0n) is 27.7. The van der Waals surface area contributed by atoms with Crippen LogP contribution in [0.1, 0.15) is 194 Å². The van der Waals surface area contributed by atoms with Gasteiger partial charge >= 0.3 is 228 Å². The zero-order chi connectivity index (χ0) is 29.5. The minimum absolute atomic E-state index is 0.221. The molecular formula is C38H70OTe2. The minimum atomic E-state index is -0.221. The molecule has 0 aliphatic carbocycles. The van der Waals surface area contributed by atoms with Gasteiger partial charge in [-0.2, -0.15) is 0 Å². The van der Waals surface area contributed by atoms with Gasteiger partial charge in [0.2, 0.25) is 0 Å². The van der Waals surface area contributed by atoms with E-state index in [4.69, 9.17) is 0 Å². The number of hydrogen-bond acceptors (Lipinski definition) is 1.